The highest BCUT2D eigenvalue weighted by atomic mass is 32.1. The van der Waals surface area contributed by atoms with Crippen molar-refractivity contribution in [2.24, 2.45) is 4.99 Å². The van der Waals surface area contributed by atoms with E-state index in [0.29, 0.717) is 6.61 Å². The average Bonchev–Trinajstić information content (AvgIpc) is 3.04. The lowest BCUT2D eigenvalue weighted by Crippen LogP contribution is -2.46. The maximum absolute atomic E-state index is 5.98. The van der Waals surface area contributed by atoms with Gasteiger partial charge in [-0.2, -0.15) is 0 Å². The van der Waals surface area contributed by atoms with Gasteiger partial charge in [-0.25, -0.2) is 4.99 Å². The Bertz CT molecular complexity index is 843. The third kappa shape index (κ3) is 3.98. The first kappa shape index (κ1) is 17.8. The number of hydrogen-bond acceptors (Lipinski definition) is 5. The van der Waals surface area contributed by atoms with Gasteiger partial charge in [0.2, 0.25) is 0 Å². The van der Waals surface area contributed by atoms with Gasteiger partial charge in [0, 0.05) is 7.05 Å². The molecule has 1 aromatic carbocycles. The van der Waals surface area contributed by atoms with Crippen LogP contribution in [0.15, 0.2) is 34.6 Å². The molecule has 1 aliphatic heterocycles. The number of nitrogens with one attached hydrogen (secondary N) is 1. The zero-order valence-electron chi connectivity index (χ0n) is 15.5. The number of benzene rings is 1. The first-order chi connectivity index (χ1) is 12.1. The van der Waals surface area contributed by atoms with Crippen molar-refractivity contribution >= 4 is 17.2 Å². The van der Waals surface area contributed by atoms with E-state index in [2.05, 4.69) is 67.7 Å². The number of rotatable bonds is 7. The van der Waals surface area contributed by atoms with Crippen molar-refractivity contribution in [3.05, 3.63) is 50.7 Å². The molecule has 134 valence electrons. The van der Waals surface area contributed by atoms with E-state index in [9.17, 15) is 0 Å². The Balaban J connectivity index is 1.61. The number of aryl methyl sites for hydroxylation is 2. The second-order valence-corrected chi connectivity index (χ2v) is 7.38. The lowest BCUT2D eigenvalue weighted by atomic mass is 10.1. The Morgan fingerprint density at radius 1 is 1.32 bits per heavy atom. The molecule has 1 aromatic heterocycles. The summed E-state index contributed by atoms with van der Waals surface area (Å²) in [6.07, 6.45) is 2.45. The second kappa shape index (κ2) is 7.91. The lowest BCUT2D eigenvalue weighted by molar-refractivity contribution is 0.304. The summed E-state index contributed by atoms with van der Waals surface area (Å²) in [7, 11) is 2.08. The molecule has 0 aliphatic carbocycles. The van der Waals surface area contributed by atoms with Crippen LogP contribution in [0.25, 0.3) is 5.82 Å². The summed E-state index contributed by atoms with van der Waals surface area (Å²) in [6.45, 7) is 7.83. The molecule has 0 amide bonds. The minimum Gasteiger partial charge on any atom is -0.491 e. The smallest absolute Gasteiger partial charge is 0.123 e. The molecular weight excluding hydrogens is 330 g/mol. The molecule has 2 heterocycles. The van der Waals surface area contributed by atoms with E-state index in [-0.39, 0.29) is 6.17 Å². The SMILES string of the molecule is CCCc1ccc(OCCNC2=c3ccsc3=NC(C)N2C)c(C)c1. The molecule has 0 bridgehead atoms. The predicted octanol–water partition coefficient (Wildman–Crippen LogP) is 2.65. The minimum atomic E-state index is 0.155. The number of thiophene rings is 1. The normalized spacial score (nSPS) is 16.4. The van der Waals surface area contributed by atoms with Crippen molar-refractivity contribution < 1.29 is 4.74 Å². The van der Waals surface area contributed by atoms with E-state index in [4.69, 9.17) is 9.73 Å². The Morgan fingerprint density at radius 2 is 2.16 bits per heavy atom. The zero-order chi connectivity index (χ0) is 17.8. The summed E-state index contributed by atoms with van der Waals surface area (Å²) >= 11 is 1.69. The average molecular weight is 358 g/mol. The molecule has 1 unspecified atom stereocenters. The Morgan fingerprint density at radius 3 is 2.92 bits per heavy atom. The van der Waals surface area contributed by atoms with Gasteiger partial charge in [0.15, 0.2) is 0 Å². The van der Waals surface area contributed by atoms with Crippen molar-refractivity contribution in [1.29, 1.82) is 0 Å². The molecule has 0 radical (unpaired) electrons. The van der Waals surface area contributed by atoms with Gasteiger partial charge in [0.25, 0.3) is 0 Å². The first-order valence-corrected chi connectivity index (χ1v) is 9.82. The number of nitrogens with zero attached hydrogens (tertiary/aromatic N) is 2. The van der Waals surface area contributed by atoms with Gasteiger partial charge in [-0.3, -0.25) is 0 Å². The van der Waals surface area contributed by atoms with Gasteiger partial charge in [-0.1, -0.05) is 25.5 Å². The van der Waals surface area contributed by atoms with Crippen molar-refractivity contribution in [3.8, 4) is 5.75 Å². The van der Waals surface area contributed by atoms with Gasteiger partial charge < -0.3 is 15.0 Å². The summed E-state index contributed by atoms with van der Waals surface area (Å²) in [4.78, 5) is 6.88. The van der Waals surface area contributed by atoms with Crippen molar-refractivity contribution in [1.82, 2.24) is 10.2 Å². The summed E-state index contributed by atoms with van der Waals surface area (Å²) < 4.78 is 7.09. The molecule has 1 aliphatic rings. The fraction of sp³-hybridized carbons (Fsp3) is 0.450. The Hall–Kier alpha value is -2.01. The molecule has 5 heteroatoms. The predicted molar refractivity (Wildman–Crippen MR) is 104 cm³/mol. The van der Waals surface area contributed by atoms with E-state index >= 15 is 0 Å². The van der Waals surface area contributed by atoms with Crippen LogP contribution in [-0.4, -0.2) is 31.3 Å². The van der Waals surface area contributed by atoms with Crippen LogP contribution in [-0.2, 0) is 6.42 Å². The van der Waals surface area contributed by atoms with Crippen LogP contribution in [0, 0.1) is 6.92 Å². The first-order valence-electron chi connectivity index (χ1n) is 8.95. The van der Waals surface area contributed by atoms with Crippen LogP contribution >= 0.6 is 11.3 Å². The monoisotopic (exact) mass is 357 g/mol. The molecule has 25 heavy (non-hydrogen) atoms. The number of hydrogen-bond donors (Lipinski definition) is 1. The van der Waals surface area contributed by atoms with E-state index in [1.165, 1.54) is 22.8 Å². The zero-order valence-corrected chi connectivity index (χ0v) is 16.3. The maximum atomic E-state index is 5.98. The third-order valence-corrected chi connectivity index (χ3v) is 5.37. The fourth-order valence-corrected chi connectivity index (χ4v) is 3.92. The van der Waals surface area contributed by atoms with Gasteiger partial charge in [-0.15, -0.1) is 11.3 Å². The van der Waals surface area contributed by atoms with Crippen molar-refractivity contribution in [3.63, 3.8) is 0 Å². The topological polar surface area (TPSA) is 36.9 Å². The fourth-order valence-electron chi connectivity index (χ4n) is 3.08. The molecule has 0 fully saturated rings. The van der Waals surface area contributed by atoms with Crippen molar-refractivity contribution in [2.45, 2.75) is 39.8 Å². The van der Waals surface area contributed by atoms with Crippen LogP contribution < -0.4 is 19.9 Å². The maximum Gasteiger partial charge on any atom is 0.123 e. The van der Waals surface area contributed by atoms with E-state index in [1.54, 1.807) is 11.3 Å². The minimum absolute atomic E-state index is 0.155. The summed E-state index contributed by atoms with van der Waals surface area (Å²) in [6, 6.07) is 8.63. The second-order valence-electron chi connectivity index (χ2n) is 6.48. The molecular formula is C20H27N3OS. The molecule has 4 nitrogen and oxygen atoms in total. The molecule has 3 rings (SSSR count). The molecule has 0 spiro atoms. The van der Waals surface area contributed by atoms with Gasteiger partial charge in [0.1, 0.15) is 29.0 Å². The summed E-state index contributed by atoms with van der Waals surface area (Å²) in [5.74, 6) is 2.11. The molecule has 1 atom stereocenters. The highest BCUT2D eigenvalue weighted by Gasteiger charge is 2.17. The largest absolute Gasteiger partial charge is 0.491 e. The quantitative estimate of drug-likeness (QED) is 0.774. The molecule has 0 saturated heterocycles. The van der Waals surface area contributed by atoms with Crippen molar-refractivity contribution in [2.75, 3.05) is 20.2 Å². The van der Waals surface area contributed by atoms with Crippen LogP contribution in [0.2, 0.25) is 0 Å². The van der Waals surface area contributed by atoms with Crippen LogP contribution in [0.3, 0.4) is 0 Å². The summed E-state index contributed by atoms with van der Waals surface area (Å²) in [5, 5.41) is 6.81. The Labute approximate surface area is 153 Å². The third-order valence-electron chi connectivity index (χ3n) is 4.55. The van der Waals surface area contributed by atoms with Gasteiger partial charge >= 0.3 is 0 Å². The lowest BCUT2D eigenvalue weighted by Gasteiger charge is -2.29. The molecule has 2 aromatic rings. The van der Waals surface area contributed by atoms with Crippen LogP contribution in [0.5, 0.6) is 5.75 Å². The Kier molecular flexibility index (Phi) is 5.63. The number of ether oxygens (including phenoxy) is 1. The van der Waals surface area contributed by atoms with E-state index in [1.807, 2.05) is 0 Å². The highest BCUT2D eigenvalue weighted by molar-refractivity contribution is 7.07. The molecule has 1 N–H and O–H groups in total. The van der Waals surface area contributed by atoms with Gasteiger partial charge in [0.05, 0.1) is 11.8 Å². The number of fused-ring (bicyclic) bond motifs is 1. The van der Waals surface area contributed by atoms with Crippen LogP contribution in [0.1, 0.15) is 31.4 Å². The van der Waals surface area contributed by atoms with E-state index in [0.717, 1.165) is 29.2 Å². The standard InChI is InChI=1S/C20H27N3OS/c1-5-6-16-7-8-18(14(2)13-16)24-11-10-21-19-17-9-12-25-20(17)22-15(3)23(19)4/h7-9,12-13,15,21H,5-6,10-11H2,1-4H3. The highest BCUT2D eigenvalue weighted by Crippen LogP contribution is 2.19. The van der Waals surface area contributed by atoms with E-state index < -0.39 is 0 Å². The van der Waals surface area contributed by atoms with Crippen LogP contribution in [0.4, 0.5) is 0 Å². The van der Waals surface area contributed by atoms with Gasteiger partial charge in [-0.05, 0) is 48.9 Å². The molecule has 0 saturated carbocycles. The summed E-state index contributed by atoms with van der Waals surface area (Å²) in [5.41, 5.74) is 2.59.